The number of nitrogens with one attached hydrogen (secondary N) is 1. The normalized spacial score (nSPS) is 12.6. The van der Waals surface area contributed by atoms with Crippen LogP contribution in [-0.2, 0) is 11.2 Å². The maximum Gasteiger partial charge on any atom is 0.0462 e. The average Bonchev–Trinajstić information content (AvgIpc) is 2.34. The SMILES string of the molecule is CNC(CCCOC)CCc1cccc(C)c1. The van der Waals surface area contributed by atoms with Crippen LogP contribution in [0.4, 0.5) is 0 Å². The predicted molar refractivity (Wildman–Crippen MR) is 73.5 cm³/mol. The Morgan fingerprint density at radius 1 is 1.29 bits per heavy atom. The number of ether oxygens (including phenoxy) is 1. The van der Waals surface area contributed by atoms with Crippen molar-refractivity contribution in [3.05, 3.63) is 35.4 Å². The van der Waals surface area contributed by atoms with Gasteiger partial charge in [-0.05, 0) is 45.2 Å². The van der Waals surface area contributed by atoms with Crippen LogP contribution in [0.2, 0.25) is 0 Å². The van der Waals surface area contributed by atoms with Crippen LogP contribution in [0.5, 0.6) is 0 Å². The molecule has 2 heteroatoms. The second-order valence-electron chi connectivity index (χ2n) is 4.65. The van der Waals surface area contributed by atoms with Gasteiger partial charge in [0, 0.05) is 19.8 Å². The molecule has 1 unspecified atom stereocenters. The molecule has 1 N–H and O–H groups in total. The first-order valence-electron chi connectivity index (χ1n) is 6.48. The largest absolute Gasteiger partial charge is 0.385 e. The number of hydrogen-bond donors (Lipinski definition) is 1. The van der Waals surface area contributed by atoms with Crippen molar-refractivity contribution in [1.29, 1.82) is 0 Å². The molecular weight excluding hydrogens is 210 g/mol. The summed E-state index contributed by atoms with van der Waals surface area (Å²) in [5.41, 5.74) is 2.79. The molecule has 0 spiro atoms. The highest BCUT2D eigenvalue weighted by atomic mass is 16.5. The van der Waals surface area contributed by atoms with Gasteiger partial charge in [-0.25, -0.2) is 0 Å². The van der Waals surface area contributed by atoms with Crippen LogP contribution in [0.3, 0.4) is 0 Å². The van der Waals surface area contributed by atoms with Crippen molar-refractivity contribution in [2.24, 2.45) is 0 Å². The van der Waals surface area contributed by atoms with Gasteiger partial charge in [0.2, 0.25) is 0 Å². The molecule has 0 fully saturated rings. The highest BCUT2D eigenvalue weighted by Gasteiger charge is 2.06. The maximum absolute atomic E-state index is 5.09. The van der Waals surface area contributed by atoms with Crippen LogP contribution >= 0.6 is 0 Å². The van der Waals surface area contributed by atoms with E-state index in [1.165, 1.54) is 24.0 Å². The lowest BCUT2D eigenvalue weighted by molar-refractivity contribution is 0.188. The number of methoxy groups -OCH3 is 1. The smallest absolute Gasteiger partial charge is 0.0462 e. The summed E-state index contributed by atoms with van der Waals surface area (Å²) in [6.45, 7) is 3.01. The number of benzene rings is 1. The van der Waals surface area contributed by atoms with Gasteiger partial charge in [-0.1, -0.05) is 29.8 Å². The Kier molecular flexibility index (Phi) is 6.90. The summed E-state index contributed by atoms with van der Waals surface area (Å²) in [6.07, 6.45) is 4.68. The number of rotatable bonds is 8. The van der Waals surface area contributed by atoms with E-state index in [0.717, 1.165) is 19.4 Å². The monoisotopic (exact) mass is 235 g/mol. The lowest BCUT2D eigenvalue weighted by Crippen LogP contribution is -2.26. The Hall–Kier alpha value is -0.860. The molecule has 1 atom stereocenters. The van der Waals surface area contributed by atoms with Crippen molar-refractivity contribution in [3.8, 4) is 0 Å². The van der Waals surface area contributed by atoms with Gasteiger partial charge in [-0.2, -0.15) is 0 Å². The van der Waals surface area contributed by atoms with Gasteiger partial charge >= 0.3 is 0 Å². The summed E-state index contributed by atoms with van der Waals surface area (Å²) < 4.78 is 5.09. The molecule has 0 aliphatic rings. The van der Waals surface area contributed by atoms with E-state index in [9.17, 15) is 0 Å². The molecule has 1 aromatic carbocycles. The summed E-state index contributed by atoms with van der Waals surface area (Å²) in [6, 6.07) is 9.39. The minimum atomic E-state index is 0.602. The maximum atomic E-state index is 5.09. The number of aryl methyl sites for hydroxylation is 2. The molecular formula is C15H25NO. The van der Waals surface area contributed by atoms with Crippen LogP contribution in [0.25, 0.3) is 0 Å². The summed E-state index contributed by atoms with van der Waals surface area (Å²) in [5.74, 6) is 0. The van der Waals surface area contributed by atoms with Crippen LogP contribution in [0, 0.1) is 6.92 Å². The van der Waals surface area contributed by atoms with Gasteiger partial charge in [-0.15, -0.1) is 0 Å². The van der Waals surface area contributed by atoms with E-state index < -0.39 is 0 Å². The van der Waals surface area contributed by atoms with Gasteiger partial charge in [-0.3, -0.25) is 0 Å². The molecule has 0 radical (unpaired) electrons. The van der Waals surface area contributed by atoms with E-state index in [2.05, 4.69) is 36.5 Å². The minimum Gasteiger partial charge on any atom is -0.385 e. The fourth-order valence-electron chi connectivity index (χ4n) is 2.12. The highest BCUT2D eigenvalue weighted by molar-refractivity contribution is 5.22. The molecule has 0 amide bonds. The first kappa shape index (κ1) is 14.2. The summed E-state index contributed by atoms with van der Waals surface area (Å²) in [5, 5.41) is 3.39. The van der Waals surface area contributed by atoms with Crippen LogP contribution in [0.15, 0.2) is 24.3 Å². The average molecular weight is 235 g/mol. The predicted octanol–water partition coefficient (Wildman–Crippen LogP) is 2.94. The second-order valence-corrected chi connectivity index (χ2v) is 4.65. The molecule has 1 aromatic rings. The Morgan fingerprint density at radius 2 is 2.12 bits per heavy atom. The molecule has 17 heavy (non-hydrogen) atoms. The molecule has 0 aromatic heterocycles. The molecule has 0 heterocycles. The zero-order valence-corrected chi connectivity index (χ0v) is 11.3. The van der Waals surface area contributed by atoms with Gasteiger partial charge in [0.25, 0.3) is 0 Å². The fraction of sp³-hybridized carbons (Fsp3) is 0.600. The van der Waals surface area contributed by atoms with E-state index in [-0.39, 0.29) is 0 Å². The quantitative estimate of drug-likeness (QED) is 0.700. The molecule has 0 saturated heterocycles. The summed E-state index contributed by atoms with van der Waals surface area (Å²) in [4.78, 5) is 0. The van der Waals surface area contributed by atoms with Gasteiger partial charge in [0.05, 0.1) is 0 Å². The standard InChI is InChI=1S/C15H25NO/c1-13-6-4-7-14(12-13)9-10-15(16-2)8-5-11-17-3/h4,6-7,12,15-16H,5,8-11H2,1-3H3. The first-order valence-corrected chi connectivity index (χ1v) is 6.48. The van der Waals surface area contributed by atoms with Crippen molar-refractivity contribution in [1.82, 2.24) is 5.32 Å². The zero-order chi connectivity index (χ0) is 12.5. The molecule has 1 rings (SSSR count). The molecule has 0 bridgehead atoms. The van der Waals surface area contributed by atoms with Gasteiger partial charge in [0.15, 0.2) is 0 Å². The van der Waals surface area contributed by atoms with Crippen LogP contribution < -0.4 is 5.32 Å². The first-order chi connectivity index (χ1) is 8.26. The highest BCUT2D eigenvalue weighted by Crippen LogP contribution is 2.10. The third kappa shape index (κ3) is 5.85. The molecule has 96 valence electrons. The third-order valence-corrected chi connectivity index (χ3v) is 3.17. The Morgan fingerprint density at radius 3 is 2.76 bits per heavy atom. The van der Waals surface area contributed by atoms with Crippen LogP contribution in [0.1, 0.15) is 30.4 Å². The van der Waals surface area contributed by atoms with Gasteiger partial charge < -0.3 is 10.1 Å². The van der Waals surface area contributed by atoms with Crippen molar-refractivity contribution in [3.63, 3.8) is 0 Å². The Labute approximate surface area is 105 Å². The lowest BCUT2D eigenvalue weighted by atomic mass is 10.0. The Bertz CT molecular complexity index is 312. The molecule has 2 nitrogen and oxygen atoms in total. The second kappa shape index (κ2) is 8.26. The van der Waals surface area contributed by atoms with Crippen molar-refractivity contribution in [2.45, 2.75) is 38.6 Å². The van der Waals surface area contributed by atoms with Crippen molar-refractivity contribution >= 4 is 0 Å². The van der Waals surface area contributed by atoms with E-state index in [0.29, 0.717) is 6.04 Å². The third-order valence-electron chi connectivity index (χ3n) is 3.17. The van der Waals surface area contributed by atoms with E-state index in [1.54, 1.807) is 7.11 Å². The van der Waals surface area contributed by atoms with E-state index >= 15 is 0 Å². The molecule has 0 aliphatic carbocycles. The van der Waals surface area contributed by atoms with Gasteiger partial charge in [0.1, 0.15) is 0 Å². The summed E-state index contributed by atoms with van der Waals surface area (Å²) in [7, 11) is 3.81. The van der Waals surface area contributed by atoms with Crippen molar-refractivity contribution < 1.29 is 4.74 Å². The topological polar surface area (TPSA) is 21.3 Å². The zero-order valence-electron chi connectivity index (χ0n) is 11.3. The fourth-order valence-corrected chi connectivity index (χ4v) is 2.12. The van der Waals surface area contributed by atoms with E-state index in [4.69, 9.17) is 4.74 Å². The summed E-state index contributed by atoms with van der Waals surface area (Å²) >= 11 is 0. The minimum absolute atomic E-state index is 0.602. The van der Waals surface area contributed by atoms with E-state index in [1.807, 2.05) is 7.05 Å². The Balaban J connectivity index is 2.31. The molecule has 0 aliphatic heterocycles. The van der Waals surface area contributed by atoms with Crippen molar-refractivity contribution in [2.75, 3.05) is 20.8 Å². The van der Waals surface area contributed by atoms with Crippen LogP contribution in [-0.4, -0.2) is 26.8 Å². The lowest BCUT2D eigenvalue weighted by Gasteiger charge is -2.15. The molecule has 0 saturated carbocycles. The number of hydrogen-bond acceptors (Lipinski definition) is 2.